The second-order valence-corrected chi connectivity index (χ2v) is 3.36. The van der Waals surface area contributed by atoms with Crippen molar-refractivity contribution in [2.24, 2.45) is 0 Å². The smallest absolute Gasteiger partial charge is 0.332 e. The molecule has 0 aromatic carbocycles. The molecule has 0 amide bonds. The van der Waals surface area contributed by atoms with E-state index in [4.69, 9.17) is 4.74 Å². The predicted molar refractivity (Wildman–Crippen MR) is 57.3 cm³/mol. The lowest BCUT2D eigenvalue weighted by Crippen LogP contribution is -2.47. The van der Waals surface area contributed by atoms with Crippen molar-refractivity contribution in [1.29, 1.82) is 0 Å². The number of hydrogen-bond donors (Lipinski definition) is 1. The summed E-state index contributed by atoms with van der Waals surface area (Å²) in [6, 6.07) is 5.47. The Bertz CT molecular complexity index is 327. The first kappa shape index (κ1) is 11.7. The zero-order chi connectivity index (χ0) is 11.3. The molecule has 0 spiro atoms. The van der Waals surface area contributed by atoms with Gasteiger partial charge < -0.3 is 4.74 Å². The molecule has 1 rings (SSSR count). The summed E-state index contributed by atoms with van der Waals surface area (Å²) in [7, 11) is 1.38. The molecule has 0 saturated heterocycles. The molecular weight excluding hydrogens is 192 g/mol. The van der Waals surface area contributed by atoms with E-state index in [1.54, 1.807) is 19.2 Å². The molecule has 0 aliphatic rings. The second kappa shape index (κ2) is 4.89. The van der Waals surface area contributed by atoms with Crippen molar-refractivity contribution in [2.45, 2.75) is 19.4 Å². The van der Waals surface area contributed by atoms with Crippen molar-refractivity contribution >= 4 is 5.97 Å². The van der Waals surface area contributed by atoms with Crippen LogP contribution in [0.4, 0.5) is 0 Å². The number of carbonyl (C=O) groups is 1. The van der Waals surface area contributed by atoms with Crippen molar-refractivity contribution in [3.05, 3.63) is 30.1 Å². The number of hydrogen-bond acceptors (Lipinski definition) is 4. The molecule has 0 radical (unpaired) electrons. The molecule has 1 heterocycles. The fourth-order valence-corrected chi connectivity index (χ4v) is 1.48. The fourth-order valence-electron chi connectivity index (χ4n) is 1.48. The Hall–Kier alpha value is -1.42. The second-order valence-electron chi connectivity index (χ2n) is 3.36. The first-order valence-electron chi connectivity index (χ1n) is 4.90. The quantitative estimate of drug-likeness (QED) is 0.752. The highest BCUT2D eigenvalue weighted by Crippen LogP contribution is 2.19. The minimum Gasteiger partial charge on any atom is -0.467 e. The third-order valence-electron chi connectivity index (χ3n) is 2.30. The van der Waals surface area contributed by atoms with Crippen molar-refractivity contribution in [3.8, 4) is 0 Å². The number of carbonyl (C=O) groups excluding carboxylic acids is 1. The normalized spacial score (nSPS) is 14.3. The summed E-state index contributed by atoms with van der Waals surface area (Å²) >= 11 is 0. The highest BCUT2D eigenvalue weighted by atomic mass is 16.5. The number of ether oxygens (including phenoxy) is 1. The summed E-state index contributed by atoms with van der Waals surface area (Å²) in [5.41, 5.74) is -0.205. The molecule has 0 aliphatic carbocycles. The van der Waals surface area contributed by atoms with E-state index >= 15 is 0 Å². The van der Waals surface area contributed by atoms with Crippen LogP contribution >= 0.6 is 0 Å². The average Bonchev–Trinajstić information content (AvgIpc) is 2.29. The zero-order valence-electron chi connectivity index (χ0n) is 9.28. The number of rotatable bonds is 4. The summed E-state index contributed by atoms with van der Waals surface area (Å²) in [5.74, 6) is -0.331. The van der Waals surface area contributed by atoms with Gasteiger partial charge in [0.1, 0.15) is 0 Å². The van der Waals surface area contributed by atoms with Gasteiger partial charge in [0.2, 0.25) is 0 Å². The van der Waals surface area contributed by atoms with Crippen molar-refractivity contribution < 1.29 is 9.53 Å². The molecular formula is C11H16N2O2. The summed E-state index contributed by atoms with van der Waals surface area (Å²) in [4.78, 5) is 15.9. The number of nitrogens with zero attached hydrogens (tertiary/aromatic N) is 1. The number of esters is 1. The standard InChI is InChI=1S/C11H16N2O2/c1-4-13-11(2,10(14)15-3)9-7-5-6-8-12-9/h5-8,13H,4H2,1-3H3. The summed E-state index contributed by atoms with van der Waals surface area (Å²) < 4.78 is 4.78. The Morgan fingerprint density at radius 1 is 1.60 bits per heavy atom. The lowest BCUT2D eigenvalue weighted by molar-refractivity contribution is -0.148. The van der Waals surface area contributed by atoms with E-state index in [1.807, 2.05) is 19.1 Å². The zero-order valence-corrected chi connectivity index (χ0v) is 9.28. The van der Waals surface area contributed by atoms with E-state index in [9.17, 15) is 4.79 Å². The average molecular weight is 208 g/mol. The Labute approximate surface area is 89.7 Å². The topological polar surface area (TPSA) is 51.2 Å². The van der Waals surface area contributed by atoms with Gasteiger partial charge in [0, 0.05) is 6.20 Å². The van der Waals surface area contributed by atoms with Gasteiger partial charge in [-0.15, -0.1) is 0 Å². The number of methoxy groups -OCH3 is 1. The van der Waals surface area contributed by atoms with Crippen molar-refractivity contribution in [2.75, 3.05) is 13.7 Å². The third kappa shape index (κ3) is 2.33. The number of likely N-dealkylation sites (N-methyl/N-ethyl adjacent to an activating group) is 1. The van der Waals surface area contributed by atoms with Gasteiger partial charge in [0.05, 0.1) is 12.8 Å². The third-order valence-corrected chi connectivity index (χ3v) is 2.30. The Morgan fingerprint density at radius 3 is 2.80 bits per heavy atom. The van der Waals surface area contributed by atoms with Crippen LogP contribution in [0.2, 0.25) is 0 Å². The molecule has 15 heavy (non-hydrogen) atoms. The highest BCUT2D eigenvalue weighted by Gasteiger charge is 2.36. The minimum absolute atomic E-state index is 0.331. The Balaban J connectivity index is 3.06. The van der Waals surface area contributed by atoms with Gasteiger partial charge in [0.25, 0.3) is 0 Å². The van der Waals surface area contributed by atoms with Crippen LogP contribution in [0.15, 0.2) is 24.4 Å². The van der Waals surface area contributed by atoms with E-state index in [2.05, 4.69) is 10.3 Å². The molecule has 0 saturated carbocycles. The Morgan fingerprint density at radius 2 is 2.33 bits per heavy atom. The first-order chi connectivity index (χ1) is 7.15. The van der Waals surface area contributed by atoms with Crippen LogP contribution in [0.5, 0.6) is 0 Å². The van der Waals surface area contributed by atoms with Gasteiger partial charge in [-0.2, -0.15) is 0 Å². The summed E-state index contributed by atoms with van der Waals surface area (Å²) in [6.07, 6.45) is 1.66. The maximum Gasteiger partial charge on any atom is 0.332 e. The number of aromatic nitrogens is 1. The van der Waals surface area contributed by atoms with Crippen LogP contribution in [0, 0.1) is 0 Å². The van der Waals surface area contributed by atoms with Gasteiger partial charge in [0.15, 0.2) is 5.54 Å². The minimum atomic E-state index is -0.870. The van der Waals surface area contributed by atoms with Crippen molar-refractivity contribution in [3.63, 3.8) is 0 Å². The largest absolute Gasteiger partial charge is 0.467 e. The molecule has 1 unspecified atom stereocenters. The van der Waals surface area contributed by atoms with Crippen LogP contribution in [0.1, 0.15) is 19.5 Å². The molecule has 1 aromatic rings. The summed E-state index contributed by atoms with van der Waals surface area (Å²) in [6.45, 7) is 4.37. The molecule has 1 N–H and O–H groups in total. The number of nitrogens with one attached hydrogen (secondary N) is 1. The SMILES string of the molecule is CCNC(C)(C(=O)OC)c1ccccn1. The lowest BCUT2D eigenvalue weighted by atomic mass is 9.97. The van der Waals surface area contributed by atoms with Gasteiger partial charge >= 0.3 is 5.97 Å². The monoisotopic (exact) mass is 208 g/mol. The molecule has 4 heteroatoms. The Kier molecular flexibility index (Phi) is 3.80. The first-order valence-corrected chi connectivity index (χ1v) is 4.90. The predicted octanol–water partition coefficient (Wildman–Crippen LogP) is 1.08. The van der Waals surface area contributed by atoms with E-state index in [0.29, 0.717) is 12.2 Å². The summed E-state index contributed by atoms with van der Waals surface area (Å²) in [5, 5.41) is 3.09. The van der Waals surface area contributed by atoms with Gasteiger partial charge in [-0.1, -0.05) is 13.0 Å². The lowest BCUT2D eigenvalue weighted by Gasteiger charge is -2.26. The maximum absolute atomic E-state index is 11.7. The molecule has 1 atom stereocenters. The fraction of sp³-hybridized carbons (Fsp3) is 0.455. The molecule has 0 bridgehead atoms. The molecule has 0 aliphatic heterocycles. The van der Waals surface area contributed by atoms with Crippen LogP contribution < -0.4 is 5.32 Å². The van der Waals surface area contributed by atoms with Crippen LogP contribution in [0.3, 0.4) is 0 Å². The molecule has 0 fully saturated rings. The van der Waals surface area contributed by atoms with E-state index in [-0.39, 0.29) is 5.97 Å². The number of pyridine rings is 1. The van der Waals surface area contributed by atoms with Crippen LogP contribution in [0.25, 0.3) is 0 Å². The van der Waals surface area contributed by atoms with E-state index in [1.165, 1.54) is 7.11 Å². The van der Waals surface area contributed by atoms with Crippen LogP contribution in [-0.4, -0.2) is 24.6 Å². The van der Waals surface area contributed by atoms with E-state index in [0.717, 1.165) is 0 Å². The maximum atomic E-state index is 11.7. The van der Waals surface area contributed by atoms with Gasteiger partial charge in [-0.3, -0.25) is 10.3 Å². The molecule has 4 nitrogen and oxygen atoms in total. The van der Waals surface area contributed by atoms with Gasteiger partial charge in [-0.25, -0.2) is 4.79 Å². The highest BCUT2D eigenvalue weighted by molar-refractivity contribution is 5.81. The van der Waals surface area contributed by atoms with E-state index < -0.39 is 5.54 Å². The molecule has 1 aromatic heterocycles. The molecule has 82 valence electrons. The van der Waals surface area contributed by atoms with Crippen LogP contribution in [-0.2, 0) is 15.1 Å². The van der Waals surface area contributed by atoms with Crippen molar-refractivity contribution in [1.82, 2.24) is 10.3 Å². The van der Waals surface area contributed by atoms with Gasteiger partial charge in [-0.05, 0) is 25.6 Å².